The molecule has 2 aromatic rings. The van der Waals surface area contributed by atoms with Crippen molar-refractivity contribution in [3.63, 3.8) is 0 Å². The number of nitrogens with one attached hydrogen (secondary N) is 1. The molecule has 0 radical (unpaired) electrons. The van der Waals surface area contributed by atoms with Crippen molar-refractivity contribution >= 4 is 5.82 Å². The Balaban J connectivity index is 2.62. The van der Waals surface area contributed by atoms with E-state index in [1.165, 1.54) is 16.7 Å². The van der Waals surface area contributed by atoms with E-state index in [0.717, 1.165) is 11.3 Å². The lowest BCUT2D eigenvalue weighted by molar-refractivity contribution is 0.866. The molecule has 0 saturated heterocycles. The Kier molecular flexibility index (Phi) is 2.92. The van der Waals surface area contributed by atoms with Gasteiger partial charge in [0.25, 0.3) is 0 Å². The average Bonchev–Trinajstić information content (AvgIpc) is 2.59. The van der Waals surface area contributed by atoms with E-state index in [4.69, 9.17) is 5.73 Å². The van der Waals surface area contributed by atoms with Gasteiger partial charge < -0.3 is 5.73 Å². The summed E-state index contributed by atoms with van der Waals surface area (Å²) in [6.45, 7) is 8.49. The summed E-state index contributed by atoms with van der Waals surface area (Å²) >= 11 is 0. The van der Waals surface area contributed by atoms with Crippen LogP contribution < -0.4 is 5.73 Å². The van der Waals surface area contributed by atoms with Crippen LogP contribution in [-0.2, 0) is 0 Å². The molecule has 0 spiro atoms. The summed E-state index contributed by atoms with van der Waals surface area (Å²) in [5, 5.41) is 7.00. The zero-order chi connectivity index (χ0) is 12.6. The molecule has 2 rings (SSSR count). The monoisotopic (exact) mass is 229 g/mol. The molecule has 0 aliphatic carbocycles. The van der Waals surface area contributed by atoms with Crippen LogP contribution in [0.4, 0.5) is 5.82 Å². The number of anilines is 1. The fourth-order valence-electron chi connectivity index (χ4n) is 2.06. The minimum absolute atomic E-state index is 0.516. The first-order valence-electron chi connectivity index (χ1n) is 5.92. The minimum Gasteiger partial charge on any atom is -0.382 e. The van der Waals surface area contributed by atoms with Gasteiger partial charge in [0.15, 0.2) is 5.82 Å². The van der Waals surface area contributed by atoms with Gasteiger partial charge in [-0.05, 0) is 36.5 Å². The standard InChI is InChI=1S/C14H19N3/c1-8(2)11-6-5-9(3)12(7-11)13-10(4)16-17-14(13)15/h5-8H,1-4H3,(H3,15,16,17). The number of hydrogen-bond acceptors (Lipinski definition) is 2. The summed E-state index contributed by atoms with van der Waals surface area (Å²) in [7, 11) is 0. The summed E-state index contributed by atoms with van der Waals surface area (Å²) in [6, 6.07) is 6.54. The second kappa shape index (κ2) is 4.24. The van der Waals surface area contributed by atoms with Crippen molar-refractivity contribution < 1.29 is 0 Å². The van der Waals surface area contributed by atoms with Crippen LogP contribution in [-0.4, -0.2) is 10.2 Å². The lowest BCUT2D eigenvalue weighted by Gasteiger charge is -2.11. The van der Waals surface area contributed by atoms with Crippen LogP contribution in [0.5, 0.6) is 0 Å². The number of rotatable bonds is 2. The summed E-state index contributed by atoms with van der Waals surface area (Å²) in [6.07, 6.45) is 0. The maximum atomic E-state index is 5.93. The normalized spacial score (nSPS) is 11.1. The Labute approximate surface area is 102 Å². The second-order valence-corrected chi connectivity index (χ2v) is 4.84. The Hall–Kier alpha value is -1.77. The van der Waals surface area contributed by atoms with Gasteiger partial charge in [-0.2, -0.15) is 5.10 Å². The summed E-state index contributed by atoms with van der Waals surface area (Å²) in [5.41, 5.74) is 11.7. The molecular formula is C14H19N3. The highest BCUT2D eigenvalue weighted by molar-refractivity contribution is 5.78. The third kappa shape index (κ3) is 2.05. The molecule has 0 saturated carbocycles. The molecule has 0 fully saturated rings. The first-order chi connectivity index (χ1) is 8.00. The van der Waals surface area contributed by atoms with Crippen LogP contribution in [0.1, 0.15) is 36.6 Å². The van der Waals surface area contributed by atoms with Gasteiger partial charge in [-0.15, -0.1) is 0 Å². The highest BCUT2D eigenvalue weighted by Crippen LogP contribution is 2.32. The van der Waals surface area contributed by atoms with E-state index in [-0.39, 0.29) is 0 Å². The van der Waals surface area contributed by atoms with Gasteiger partial charge >= 0.3 is 0 Å². The summed E-state index contributed by atoms with van der Waals surface area (Å²) in [4.78, 5) is 0. The summed E-state index contributed by atoms with van der Waals surface area (Å²) < 4.78 is 0. The Bertz CT molecular complexity index is 519. The predicted molar refractivity (Wildman–Crippen MR) is 72.0 cm³/mol. The lowest BCUT2D eigenvalue weighted by Crippen LogP contribution is -1.94. The molecule has 1 aromatic heterocycles. The van der Waals surface area contributed by atoms with Crippen LogP contribution in [0.25, 0.3) is 11.1 Å². The number of H-pyrrole nitrogens is 1. The number of aromatic nitrogens is 2. The van der Waals surface area contributed by atoms with E-state index < -0.39 is 0 Å². The molecule has 3 N–H and O–H groups in total. The number of nitrogens with two attached hydrogens (primary N) is 1. The van der Waals surface area contributed by atoms with Gasteiger partial charge in [0.05, 0.1) is 0 Å². The molecule has 1 aromatic carbocycles. The highest BCUT2D eigenvalue weighted by Gasteiger charge is 2.13. The predicted octanol–water partition coefficient (Wildman–Crippen LogP) is 3.40. The largest absolute Gasteiger partial charge is 0.382 e. The fourth-order valence-corrected chi connectivity index (χ4v) is 2.06. The number of aromatic amines is 1. The number of nitrogen functional groups attached to an aromatic ring is 1. The van der Waals surface area contributed by atoms with Gasteiger partial charge in [0, 0.05) is 11.3 Å². The molecule has 3 nitrogen and oxygen atoms in total. The van der Waals surface area contributed by atoms with Gasteiger partial charge in [-0.25, -0.2) is 0 Å². The van der Waals surface area contributed by atoms with Crippen LogP contribution in [0, 0.1) is 13.8 Å². The first-order valence-corrected chi connectivity index (χ1v) is 5.92. The zero-order valence-electron chi connectivity index (χ0n) is 10.8. The average molecular weight is 229 g/mol. The minimum atomic E-state index is 0.516. The Morgan fingerprint density at radius 1 is 1.24 bits per heavy atom. The van der Waals surface area contributed by atoms with Crippen molar-refractivity contribution in [1.29, 1.82) is 0 Å². The molecule has 0 bridgehead atoms. The Morgan fingerprint density at radius 2 is 1.94 bits per heavy atom. The van der Waals surface area contributed by atoms with E-state index in [0.29, 0.717) is 11.7 Å². The summed E-state index contributed by atoms with van der Waals surface area (Å²) in [5.74, 6) is 1.09. The number of hydrogen-bond donors (Lipinski definition) is 2. The van der Waals surface area contributed by atoms with Crippen molar-refractivity contribution in [3.8, 4) is 11.1 Å². The number of benzene rings is 1. The van der Waals surface area contributed by atoms with Crippen molar-refractivity contribution in [2.24, 2.45) is 0 Å². The third-order valence-corrected chi connectivity index (χ3v) is 3.17. The number of aryl methyl sites for hydroxylation is 2. The lowest BCUT2D eigenvalue weighted by atomic mass is 9.94. The molecule has 0 amide bonds. The SMILES string of the molecule is Cc1ccc(C(C)C)cc1-c1c(N)n[nH]c1C. The molecule has 0 aliphatic rings. The first kappa shape index (κ1) is 11.7. The smallest absolute Gasteiger partial charge is 0.153 e. The zero-order valence-corrected chi connectivity index (χ0v) is 10.8. The van der Waals surface area contributed by atoms with E-state index in [9.17, 15) is 0 Å². The molecule has 17 heavy (non-hydrogen) atoms. The molecule has 1 heterocycles. The Morgan fingerprint density at radius 3 is 2.47 bits per heavy atom. The second-order valence-electron chi connectivity index (χ2n) is 4.84. The van der Waals surface area contributed by atoms with Crippen LogP contribution in [0.15, 0.2) is 18.2 Å². The molecule has 0 atom stereocenters. The number of nitrogens with zero attached hydrogens (tertiary/aromatic N) is 1. The maximum absolute atomic E-state index is 5.93. The quantitative estimate of drug-likeness (QED) is 0.829. The van der Waals surface area contributed by atoms with Crippen LogP contribution in [0.2, 0.25) is 0 Å². The van der Waals surface area contributed by atoms with Gasteiger partial charge in [0.1, 0.15) is 0 Å². The third-order valence-electron chi connectivity index (χ3n) is 3.17. The van der Waals surface area contributed by atoms with E-state index in [1.54, 1.807) is 0 Å². The van der Waals surface area contributed by atoms with Crippen molar-refractivity contribution in [3.05, 3.63) is 35.0 Å². The van der Waals surface area contributed by atoms with E-state index in [1.807, 2.05) is 6.92 Å². The van der Waals surface area contributed by atoms with Crippen LogP contribution >= 0.6 is 0 Å². The topological polar surface area (TPSA) is 54.7 Å². The van der Waals surface area contributed by atoms with E-state index >= 15 is 0 Å². The van der Waals surface area contributed by atoms with Gasteiger partial charge in [-0.3, -0.25) is 5.10 Å². The van der Waals surface area contributed by atoms with E-state index in [2.05, 4.69) is 49.2 Å². The van der Waals surface area contributed by atoms with Crippen molar-refractivity contribution in [1.82, 2.24) is 10.2 Å². The molecular weight excluding hydrogens is 210 g/mol. The van der Waals surface area contributed by atoms with Crippen LogP contribution in [0.3, 0.4) is 0 Å². The van der Waals surface area contributed by atoms with Gasteiger partial charge in [-0.1, -0.05) is 32.0 Å². The maximum Gasteiger partial charge on any atom is 0.153 e. The van der Waals surface area contributed by atoms with Crippen molar-refractivity contribution in [2.75, 3.05) is 5.73 Å². The molecule has 0 unspecified atom stereocenters. The van der Waals surface area contributed by atoms with Gasteiger partial charge in [0.2, 0.25) is 0 Å². The molecule has 0 aliphatic heterocycles. The van der Waals surface area contributed by atoms with Crippen molar-refractivity contribution in [2.45, 2.75) is 33.6 Å². The molecule has 90 valence electrons. The molecule has 3 heteroatoms. The highest BCUT2D eigenvalue weighted by atomic mass is 15.2. The fraction of sp³-hybridized carbons (Fsp3) is 0.357.